The van der Waals surface area contributed by atoms with Gasteiger partial charge in [-0.05, 0) is 55.3 Å². The summed E-state index contributed by atoms with van der Waals surface area (Å²) in [4.78, 5) is 4.69. The molecular weight excluding hydrogens is 398 g/mol. The van der Waals surface area contributed by atoms with Gasteiger partial charge in [0, 0.05) is 36.1 Å². The number of benzene rings is 2. The van der Waals surface area contributed by atoms with Crippen molar-refractivity contribution in [3.8, 4) is 22.5 Å². The van der Waals surface area contributed by atoms with Crippen molar-refractivity contribution in [1.82, 2.24) is 4.98 Å². The number of hydrogen-bond donors (Lipinski definition) is 1. The van der Waals surface area contributed by atoms with Crippen LogP contribution in [-0.4, -0.2) is 30.4 Å². The van der Waals surface area contributed by atoms with E-state index in [2.05, 4.69) is 11.1 Å². The van der Waals surface area contributed by atoms with E-state index < -0.39 is 15.4 Å². The molecular formula is C24H23NO4S. The third-order valence-electron chi connectivity index (χ3n) is 4.85. The number of aromatic nitrogens is 1. The average molecular weight is 422 g/mol. The van der Waals surface area contributed by atoms with E-state index in [1.54, 1.807) is 44.3 Å². The fourth-order valence-corrected chi connectivity index (χ4v) is 4.15. The fraction of sp³-hybridized carbons (Fsp3) is 0.208. The second-order valence-electron chi connectivity index (χ2n) is 8.17. The van der Waals surface area contributed by atoms with Gasteiger partial charge in [0.05, 0.1) is 10.5 Å². The SMILES string of the molecule is CC(C)(O)Cc1cccc(-c2ccnc3cc(-c4ccc(S(C)(=O)=O)cc4)oc23)c1. The number of pyridine rings is 1. The zero-order valence-electron chi connectivity index (χ0n) is 17.1. The summed E-state index contributed by atoms with van der Waals surface area (Å²) in [6.07, 6.45) is 3.48. The van der Waals surface area contributed by atoms with Crippen molar-refractivity contribution in [2.45, 2.75) is 30.8 Å². The lowest BCUT2D eigenvalue weighted by molar-refractivity contribution is 0.0810. The van der Waals surface area contributed by atoms with Gasteiger partial charge in [0.25, 0.3) is 0 Å². The average Bonchev–Trinajstić information content (AvgIpc) is 3.10. The van der Waals surface area contributed by atoms with Gasteiger partial charge in [-0.1, -0.05) is 24.3 Å². The van der Waals surface area contributed by atoms with Crippen molar-refractivity contribution in [1.29, 1.82) is 0 Å². The van der Waals surface area contributed by atoms with Crippen LogP contribution in [0.1, 0.15) is 19.4 Å². The highest BCUT2D eigenvalue weighted by Crippen LogP contribution is 2.34. The van der Waals surface area contributed by atoms with Crippen LogP contribution in [0.4, 0.5) is 0 Å². The molecule has 0 aliphatic heterocycles. The minimum atomic E-state index is -3.25. The lowest BCUT2D eigenvalue weighted by Crippen LogP contribution is -2.21. The van der Waals surface area contributed by atoms with Gasteiger partial charge >= 0.3 is 0 Å². The Morgan fingerprint density at radius 1 is 1.00 bits per heavy atom. The van der Waals surface area contributed by atoms with Crippen molar-refractivity contribution >= 4 is 20.9 Å². The molecule has 0 fully saturated rings. The van der Waals surface area contributed by atoms with Crippen molar-refractivity contribution in [2.75, 3.05) is 6.26 Å². The highest BCUT2D eigenvalue weighted by atomic mass is 32.2. The Morgan fingerprint density at radius 3 is 2.40 bits per heavy atom. The number of aliphatic hydroxyl groups is 1. The molecule has 0 aliphatic carbocycles. The van der Waals surface area contributed by atoms with Gasteiger partial charge in [0.1, 0.15) is 11.3 Å². The predicted octanol–water partition coefficient (Wildman–Crippen LogP) is 4.88. The van der Waals surface area contributed by atoms with Gasteiger partial charge < -0.3 is 9.52 Å². The van der Waals surface area contributed by atoms with E-state index in [0.717, 1.165) is 27.8 Å². The Hall–Kier alpha value is -2.96. The first-order valence-electron chi connectivity index (χ1n) is 9.61. The van der Waals surface area contributed by atoms with Gasteiger partial charge in [-0.3, -0.25) is 4.98 Å². The van der Waals surface area contributed by atoms with Gasteiger partial charge in [0.2, 0.25) is 0 Å². The van der Waals surface area contributed by atoms with Crippen molar-refractivity contribution in [2.24, 2.45) is 0 Å². The Bertz CT molecular complexity index is 1310. The van der Waals surface area contributed by atoms with Gasteiger partial charge in [-0.2, -0.15) is 0 Å². The molecule has 0 spiro atoms. The summed E-state index contributed by atoms with van der Waals surface area (Å²) in [5.74, 6) is 0.623. The molecule has 0 saturated carbocycles. The summed E-state index contributed by atoms with van der Waals surface area (Å²) in [6, 6.07) is 18.4. The third kappa shape index (κ3) is 4.30. The topological polar surface area (TPSA) is 80.4 Å². The number of hydrogen-bond acceptors (Lipinski definition) is 5. The molecule has 4 rings (SSSR count). The number of fused-ring (bicyclic) bond motifs is 1. The summed E-state index contributed by atoms with van der Waals surface area (Å²) in [5, 5.41) is 10.1. The Labute approximate surface area is 175 Å². The standard InChI is InChI=1S/C24H23NO4S/c1-24(2,26)15-16-5-4-6-18(13-16)20-11-12-25-21-14-22(29-23(20)21)17-7-9-19(10-8-17)30(3,27)28/h4-14,26H,15H2,1-3H3. The monoisotopic (exact) mass is 421 g/mol. The first-order valence-corrected chi connectivity index (χ1v) is 11.5. The van der Waals surface area contributed by atoms with Gasteiger partial charge in [0.15, 0.2) is 15.4 Å². The number of sulfone groups is 1. The minimum absolute atomic E-state index is 0.268. The van der Waals surface area contributed by atoms with Crippen LogP contribution >= 0.6 is 0 Å². The van der Waals surface area contributed by atoms with Crippen LogP contribution < -0.4 is 0 Å². The summed E-state index contributed by atoms with van der Waals surface area (Å²) >= 11 is 0. The molecule has 2 aromatic carbocycles. The Morgan fingerprint density at radius 2 is 1.73 bits per heavy atom. The van der Waals surface area contributed by atoms with E-state index in [-0.39, 0.29) is 4.90 Å². The molecule has 5 nitrogen and oxygen atoms in total. The zero-order chi connectivity index (χ0) is 21.5. The summed E-state index contributed by atoms with van der Waals surface area (Å²) < 4.78 is 29.5. The first-order chi connectivity index (χ1) is 14.1. The minimum Gasteiger partial charge on any atom is -0.454 e. The molecule has 0 atom stereocenters. The highest BCUT2D eigenvalue weighted by molar-refractivity contribution is 7.90. The summed E-state index contributed by atoms with van der Waals surface area (Å²) in [7, 11) is -3.25. The number of rotatable bonds is 5. The van der Waals surface area contributed by atoms with E-state index in [9.17, 15) is 13.5 Å². The quantitative estimate of drug-likeness (QED) is 0.497. The molecule has 154 valence electrons. The van der Waals surface area contributed by atoms with Crippen LogP contribution in [0.2, 0.25) is 0 Å². The summed E-state index contributed by atoms with van der Waals surface area (Å²) in [6.45, 7) is 3.58. The molecule has 4 aromatic rings. The van der Waals surface area contributed by atoms with Crippen molar-refractivity contribution < 1.29 is 17.9 Å². The van der Waals surface area contributed by atoms with E-state index in [4.69, 9.17) is 4.42 Å². The molecule has 0 aliphatic rings. The zero-order valence-corrected chi connectivity index (χ0v) is 17.9. The lowest BCUT2D eigenvalue weighted by atomic mass is 9.95. The van der Waals surface area contributed by atoms with Crippen molar-refractivity contribution in [3.63, 3.8) is 0 Å². The van der Waals surface area contributed by atoms with E-state index >= 15 is 0 Å². The van der Waals surface area contributed by atoms with Gasteiger partial charge in [-0.15, -0.1) is 0 Å². The molecule has 30 heavy (non-hydrogen) atoms. The maximum absolute atomic E-state index is 11.7. The second-order valence-corrected chi connectivity index (χ2v) is 10.2. The van der Waals surface area contributed by atoms with Gasteiger partial charge in [-0.25, -0.2) is 8.42 Å². The molecule has 0 unspecified atom stereocenters. The molecule has 0 saturated heterocycles. The third-order valence-corrected chi connectivity index (χ3v) is 5.98. The summed E-state index contributed by atoms with van der Waals surface area (Å²) in [5.41, 5.74) is 4.31. The highest BCUT2D eigenvalue weighted by Gasteiger charge is 2.16. The number of furan rings is 1. The predicted molar refractivity (Wildman–Crippen MR) is 118 cm³/mol. The maximum atomic E-state index is 11.7. The van der Waals surface area contributed by atoms with E-state index in [1.807, 2.05) is 30.3 Å². The van der Waals surface area contributed by atoms with Crippen LogP contribution in [-0.2, 0) is 16.3 Å². The molecule has 0 radical (unpaired) electrons. The Kier molecular flexibility index (Phi) is 5.00. The first kappa shape index (κ1) is 20.3. The molecule has 2 heterocycles. The van der Waals surface area contributed by atoms with Crippen LogP contribution in [0, 0.1) is 0 Å². The fourth-order valence-electron chi connectivity index (χ4n) is 3.52. The maximum Gasteiger partial charge on any atom is 0.175 e. The Balaban J connectivity index is 1.76. The largest absolute Gasteiger partial charge is 0.454 e. The molecule has 6 heteroatoms. The van der Waals surface area contributed by atoms with Crippen LogP contribution in [0.15, 0.2) is 76.2 Å². The van der Waals surface area contributed by atoms with E-state index in [1.165, 1.54) is 6.26 Å². The smallest absolute Gasteiger partial charge is 0.175 e. The normalized spacial score (nSPS) is 12.4. The number of nitrogens with zero attached hydrogens (tertiary/aromatic N) is 1. The molecule has 0 bridgehead atoms. The second kappa shape index (κ2) is 7.38. The van der Waals surface area contributed by atoms with Crippen LogP contribution in [0.3, 0.4) is 0 Å². The lowest BCUT2D eigenvalue weighted by Gasteiger charge is -2.17. The van der Waals surface area contributed by atoms with Crippen molar-refractivity contribution in [3.05, 3.63) is 72.4 Å². The van der Waals surface area contributed by atoms with Crippen LogP contribution in [0.25, 0.3) is 33.6 Å². The molecule has 2 aromatic heterocycles. The molecule has 1 N–H and O–H groups in total. The molecule has 0 amide bonds. The van der Waals surface area contributed by atoms with E-state index in [0.29, 0.717) is 17.8 Å². The van der Waals surface area contributed by atoms with Crippen LogP contribution in [0.5, 0.6) is 0 Å².